The lowest BCUT2D eigenvalue weighted by Crippen LogP contribution is -2.22. The number of sulfonamides is 1. The first-order valence-electron chi connectivity index (χ1n) is 10.7. The van der Waals surface area contributed by atoms with Crippen LogP contribution in [0, 0.1) is 12.7 Å². The van der Waals surface area contributed by atoms with Crippen LogP contribution in [0.25, 0.3) is 0 Å². The maximum absolute atomic E-state index is 13.1. The SMILES string of the molecule is CCc1ccc(NC(=O)c2oc3c(c2C)/C(=N/NS(=O)(=O)c2ccc(F)cc2)CCC3)cc1. The molecule has 2 aromatic carbocycles. The van der Waals surface area contributed by atoms with Gasteiger partial charge in [0.2, 0.25) is 0 Å². The minimum atomic E-state index is -3.96. The fraction of sp³-hybridized carbons (Fsp3) is 0.250. The highest BCUT2D eigenvalue weighted by Crippen LogP contribution is 2.30. The summed E-state index contributed by atoms with van der Waals surface area (Å²) < 4.78 is 44.0. The molecule has 7 nitrogen and oxygen atoms in total. The Morgan fingerprint density at radius 3 is 2.45 bits per heavy atom. The lowest BCUT2D eigenvalue weighted by Gasteiger charge is -2.14. The second kappa shape index (κ2) is 9.19. The average Bonchev–Trinajstić information content (AvgIpc) is 3.16. The zero-order valence-electron chi connectivity index (χ0n) is 18.3. The molecule has 0 saturated heterocycles. The highest BCUT2D eigenvalue weighted by molar-refractivity contribution is 7.89. The summed E-state index contributed by atoms with van der Waals surface area (Å²) in [5.41, 5.74) is 3.57. The molecule has 1 aromatic heterocycles. The van der Waals surface area contributed by atoms with Crippen molar-refractivity contribution in [2.24, 2.45) is 5.10 Å². The third-order valence-electron chi connectivity index (χ3n) is 5.58. The van der Waals surface area contributed by atoms with Gasteiger partial charge in [-0.3, -0.25) is 4.79 Å². The second-order valence-corrected chi connectivity index (χ2v) is 9.48. The number of anilines is 1. The summed E-state index contributed by atoms with van der Waals surface area (Å²) in [7, 11) is -3.96. The van der Waals surface area contributed by atoms with E-state index in [1.807, 2.05) is 24.3 Å². The van der Waals surface area contributed by atoms with E-state index in [4.69, 9.17) is 4.42 Å². The van der Waals surface area contributed by atoms with E-state index in [2.05, 4.69) is 22.2 Å². The number of fused-ring (bicyclic) bond motifs is 1. The number of halogens is 1. The van der Waals surface area contributed by atoms with Gasteiger partial charge in [0, 0.05) is 23.2 Å². The number of hydrogen-bond acceptors (Lipinski definition) is 5. The van der Waals surface area contributed by atoms with Crippen LogP contribution in [0.15, 0.2) is 62.9 Å². The minimum Gasteiger partial charge on any atom is -0.455 e. The molecule has 0 unspecified atom stereocenters. The van der Waals surface area contributed by atoms with E-state index in [-0.39, 0.29) is 16.6 Å². The molecule has 33 heavy (non-hydrogen) atoms. The standard InChI is InChI=1S/C24H24FN3O4S/c1-3-16-7-11-18(12-8-16)26-24(29)23-15(2)22-20(5-4-6-21(22)32-23)27-28-33(30,31)19-13-9-17(25)10-14-19/h7-14,28H,3-6H2,1-2H3,(H,26,29)/b27-20+. The third-order valence-corrected chi connectivity index (χ3v) is 6.80. The number of furan rings is 1. The molecule has 2 N–H and O–H groups in total. The second-order valence-electron chi connectivity index (χ2n) is 7.82. The van der Waals surface area contributed by atoms with Crippen molar-refractivity contribution in [2.45, 2.75) is 44.4 Å². The van der Waals surface area contributed by atoms with E-state index in [1.165, 1.54) is 17.7 Å². The van der Waals surface area contributed by atoms with Crippen LogP contribution in [0.2, 0.25) is 0 Å². The molecule has 0 saturated carbocycles. The van der Waals surface area contributed by atoms with Gasteiger partial charge in [-0.1, -0.05) is 19.1 Å². The number of amides is 1. The van der Waals surface area contributed by atoms with E-state index in [0.717, 1.165) is 18.6 Å². The lowest BCUT2D eigenvalue weighted by molar-refractivity contribution is 0.0994. The number of hydrogen-bond donors (Lipinski definition) is 2. The molecular weight excluding hydrogens is 445 g/mol. The Morgan fingerprint density at radius 1 is 1.09 bits per heavy atom. The number of nitrogens with zero attached hydrogens (tertiary/aromatic N) is 1. The van der Waals surface area contributed by atoms with Gasteiger partial charge in [-0.05, 0) is 68.1 Å². The van der Waals surface area contributed by atoms with Crippen LogP contribution in [0.1, 0.15) is 52.8 Å². The molecule has 0 fully saturated rings. The van der Waals surface area contributed by atoms with Gasteiger partial charge in [-0.25, -0.2) is 4.39 Å². The Labute approximate surface area is 191 Å². The Balaban J connectivity index is 1.57. The summed E-state index contributed by atoms with van der Waals surface area (Å²) in [5.74, 6) is -0.128. The van der Waals surface area contributed by atoms with Gasteiger partial charge < -0.3 is 9.73 Å². The monoisotopic (exact) mass is 469 g/mol. The fourth-order valence-electron chi connectivity index (χ4n) is 3.79. The molecular formula is C24H24FN3O4S. The van der Waals surface area contributed by atoms with Gasteiger partial charge in [-0.15, -0.1) is 0 Å². The zero-order chi connectivity index (χ0) is 23.6. The largest absolute Gasteiger partial charge is 0.455 e. The molecule has 3 aromatic rings. The van der Waals surface area contributed by atoms with E-state index < -0.39 is 15.8 Å². The van der Waals surface area contributed by atoms with E-state index >= 15 is 0 Å². The van der Waals surface area contributed by atoms with Crippen LogP contribution in [0.5, 0.6) is 0 Å². The van der Waals surface area contributed by atoms with Crippen molar-refractivity contribution in [1.29, 1.82) is 0 Å². The number of nitrogens with one attached hydrogen (secondary N) is 2. The van der Waals surface area contributed by atoms with Crippen LogP contribution in [0.3, 0.4) is 0 Å². The van der Waals surface area contributed by atoms with Gasteiger partial charge in [0.15, 0.2) is 5.76 Å². The van der Waals surface area contributed by atoms with Crippen molar-refractivity contribution in [3.05, 3.63) is 82.6 Å². The van der Waals surface area contributed by atoms with Crippen molar-refractivity contribution in [3.8, 4) is 0 Å². The van der Waals surface area contributed by atoms with Crippen LogP contribution in [-0.4, -0.2) is 20.0 Å². The van der Waals surface area contributed by atoms with Crippen molar-refractivity contribution < 1.29 is 22.0 Å². The molecule has 1 heterocycles. The quantitative estimate of drug-likeness (QED) is 0.517. The van der Waals surface area contributed by atoms with Gasteiger partial charge >= 0.3 is 0 Å². The summed E-state index contributed by atoms with van der Waals surface area (Å²) >= 11 is 0. The van der Waals surface area contributed by atoms with Crippen LogP contribution in [-0.2, 0) is 22.9 Å². The smallest absolute Gasteiger partial charge is 0.291 e. The topological polar surface area (TPSA) is 101 Å². The highest BCUT2D eigenvalue weighted by Gasteiger charge is 2.28. The molecule has 0 atom stereocenters. The summed E-state index contributed by atoms with van der Waals surface area (Å²) in [4.78, 5) is 15.0. The number of carbonyl (C=O) groups excluding carboxylic acids is 1. The minimum absolute atomic E-state index is 0.0950. The number of hydrazone groups is 1. The summed E-state index contributed by atoms with van der Waals surface area (Å²) in [5, 5.41) is 6.97. The molecule has 9 heteroatoms. The maximum Gasteiger partial charge on any atom is 0.291 e. The third kappa shape index (κ3) is 4.83. The van der Waals surface area contributed by atoms with Crippen molar-refractivity contribution in [1.82, 2.24) is 4.83 Å². The van der Waals surface area contributed by atoms with Crippen molar-refractivity contribution >= 4 is 27.3 Å². The molecule has 1 amide bonds. The molecule has 1 aliphatic rings. The molecule has 0 bridgehead atoms. The summed E-state index contributed by atoms with van der Waals surface area (Å²) in [6, 6.07) is 12.1. The van der Waals surface area contributed by atoms with Gasteiger partial charge in [0.1, 0.15) is 11.6 Å². The Bertz CT molecular complexity index is 1310. The predicted molar refractivity (Wildman–Crippen MR) is 123 cm³/mol. The Kier molecular flexibility index (Phi) is 6.33. The van der Waals surface area contributed by atoms with Crippen molar-refractivity contribution in [2.75, 3.05) is 5.32 Å². The number of carbonyl (C=O) groups is 1. The first-order chi connectivity index (χ1) is 15.8. The average molecular weight is 470 g/mol. The van der Waals surface area contributed by atoms with E-state index in [1.54, 1.807) is 6.92 Å². The molecule has 172 valence electrons. The normalized spacial score (nSPS) is 14.7. The number of aryl methyl sites for hydroxylation is 2. The maximum atomic E-state index is 13.1. The van der Waals surface area contributed by atoms with Gasteiger partial charge in [0.25, 0.3) is 15.9 Å². The molecule has 1 aliphatic carbocycles. The first kappa shape index (κ1) is 22.7. The summed E-state index contributed by atoms with van der Waals surface area (Å²) in [6.07, 6.45) is 2.76. The molecule has 0 radical (unpaired) electrons. The first-order valence-corrected chi connectivity index (χ1v) is 12.1. The number of rotatable bonds is 6. The van der Waals surface area contributed by atoms with Gasteiger partial charge in [0.05, 0.1) is 10.6 Å². The number of benzene rings is 2. The lowest BCUT2D eigenvalue weighted by atomic mass is 9.93. The van der Waals surface area contributed by atoms with E-state index in [9.17, 15) is 17.6 Å². The van der Waals surface area contributed by atoms with E-state index in [0.29, 0.717) is 47.5 Å². The molecule has 4 rings (SSSR count). The Hall–Kier alpha value is -3.46. The van der Waals surface area contributed by atoms with Crippen LogP contribution < -0.4 is 10.1 Å². The van der Waals surface area contributed by atoms with Crippen molar-refractivity contribution in [3.63, 3.8) is 0 Å². The Morgan fingerprint density at radius 2 is 1.79 bits per heavy atom. The van der Waals surface area contributed by atoms with Crippen LogP contribution >= 0.6 is 0 Å². The molecule has 0 spiro atoms. The highest BCUT2D eigenvalue weighted by atomic mass is 32.2. The predicted octanol–water partition coefficient (Wildman–Crippen LogP) is 4.56. The fourth-order valence-corrected chi connectivity index (χ4v) is 4.62. The zero-order valence-corrected chi connectivity index (χ0v) is 19.1. The van der Waals surface area contributed by atoms with Gasteiger partial charge in [-0.2, -0.15) is 18.4 Å². The van der Waals surface area contributed by atoms with Crippen LogP contribution in [0.4, 0.5) is 10.1 Å². The molecule has 0 aliphatic heterocycles. The summed E-state index contributed by atoms with van der Waals surface area (Å²) in [6.45, 7) is 3.82.